The minimum Gasteiger partial charge on any atom is -0.495 e. The van der Waals surface area contributed by atoms with Gasteiger partial charge in [-0.25, -0.2) is 8.42 Å². The Morgan fingerprint density at radius 1 is 1.11 bits per heavy atom. The van der Waals surface area contributed by atoms with Crippen LogP contribution in [0.25, 0.3) is 0 Å². The van der Waals surface area contributed by atoms with Crippen LogP contribution in [0, 0.1) is 13.8 Å². The Hall–Kier alpha value is -2.38. The first-order chi connectivity index (χ1) is 13.3. The molecule has 1 amide bonds. The Bertz CT molecular complexity index is 980. The molecule has 1 aliphatic rings. The number of benzene rings is 2. The van der Waals surface area contributed by atoms with Crippen LogP contribution in [-0.2, 0) is 21.2 Å². The second kappa shape index (κ2) is 8.32. The van der Waals surface area contributed by atoms with Crippen molar-refractivity contribution in [3.05, 3.63) is 53.1 Å². The average Bonchev–Trinajstić information content (AvgIpc) is 3.20. The van der Waals surface area contributed by atoms with E-state index in [0.29, 0.717) is 24.5 Å². The molecule has 0 unspecified atom stereocenters. The minimum atomic E-state index is -3.57. The summed E-state index contributed by atoms with van der Waals surface area (Å²) in [6.07, 6.45) is 1.95. The third kappa shape index (κ3) is 4.36. The van der Waals surface area contributed by atoms with E-state index >= 15 is 0 Å². The molecule has 0 bridgehead atoms. The quantitative estimate of drug-likeness (QED) is 0.805. The van der Waals surface area contributed by atoms with Gasteiger partial charge in [-0.3, -0.25) is 4.79 Å². The maximum atomic E-state index is 12.8. The molecular formula is C21H26N2O4S. The van der Waals surface area contributed by atoms with Crippen LogP contribution >= 0.6 is 0 Å². The molecule has 1 N–H and O–H groups in total. The van der Waals surface area contributed by atoms with Crippen molar-refractivity contribution in [3.63, 3.8) is 0 Å². The van der Waals surface area contributed by atoms with E-state index in [1.54, 1.807) is 6.07 Å². The number of sulfonamides is 1. The van der Waals surface area contributed by atoms with Crippen molar-refractivity contribution in [1.29, 1.82) is 0 Å². The smallest absolute Gasteiger partial charge is 0.243 e. The summed E-state index contributed by atoms with van der Waals surface area (Å²) in [6.45, 7) is 5.01. The van der Waals surface area contributed by atoms with E-state index in [4.69, 9.17) is 4.74 Å². The maximum absolute atomic E-state index is 12.8. The van der Waals surface area contributed by atoms with Crippen LogP contribution in [0.4, 0.5) is 5.69 Å². The van der Waals surface area contributed by atoms with E-state index in [2.05, 4.69) is 5.32 Å². The summed E-state index contributed by atoms with van der Waals surface area (Å²) in [5.74, 6) is 0.206. The Labute approximate surface area is 166 Å². The molecule has 1 aliphatic heterocycles. The maximum Gasteiger partial charge on any atom is 0.243 e. The van der Waals surface area contributed by atoms with Crippen LogP contribution in [0.15, 0.2) is 41.3 Å². The van der Waals surface area contributed by atoms with Crippen LogP contribution in [-0.4, -0.2) is 38.8 Å². The number of carbonyl (C=O) groups excluding carboxylic acids is 1. The minimum absolute atomic E-state index is 0.164. The molecule has 2 aromatic rings. The predicted octanol–water partition coefficient (Wildman–Crippen LogP) is 3.28. The number of anilines is 1. The zero-order valence-electron chi connectivity index (χ0n) is 16.5. The van der Waals surface area contributed by atoms with Gasteiger partial charge in [0.2, 0.25) is 15.9 Å². The van der Waals surface area contributed by atoms with Gasteiger partial charge in [-0.15, -0.1) is 0 Å². The molecule has 6 nitrogen and oxygen atoms in total. The highest BCUT2D eigenvalue weighted by Gasteiger charge is 2.28. The lowest BCUT2D eigenvalue weighted by atomic mass is 10.0. The number of ether oxygens (including phenoxy) is 1. The monoisotopic (exact) mass is 402 g/mol. The molecule has 0 atom stereocenters. The topological polar surface area (TPSA) is 75.7 Å². The largest absolute Gasteiger partial charge is 0.495 e. The highest BCUT2D eigenvalue weighted by molar-refractivity contribution is 7.89. The molecule has 2 aromatic carbocycles. The fraction of sp³-hybridized carbons (Fsp3) is 0.381. The summed E-state index contributed by atoms with van der Waals surface area (Å²) in [6, 6.07) is 10.6. The summed E-state index contributed by atoms with van der Waals surface area (Å²) in [7, 11) is -2.08. The number of nitrogens with one attached hydrogen (secondary N) is 1. The summed E-state index contributed by atoms with van der Waals surface area (Å²) in [4.78, 5) is 12.8. The molecule has 0 radical (unpaired) electrons. The van der Waals surface area contributed by atoms with Gasteiger partial charge in [0.1, 0.15) is 5.75 Å². The van der Waals surface area contributed by atoms with Crippen LogP contribution in [0.5, 0.6) is 5.75 Å². The lowest BCUT2D eigenvalue weighted by Crippen LogP contribution is -2.28. The molecule has 1 saturated heterocycles. The molecule has 0 spiro atoms. The van der Waals surface area contributed by atoms with Gasteiger partial charge in [-0.2, -0.15) is 4.31 Å². The van der Waals surface area contributed by atoms with Crippen molar-refractivity contribution in [2.45, 2.75) is 38.0 Å². The third-order valence-electron chi connectivity index (χ3n) is 5.00. The van der Waals surface area contributed by atoms with Gasteiger partial charge in [0.25, 0.3) is 0 Å². The number of hydrogen-bond donors (Lipinski definition) is 1. The highest BCUT2D eigenvalue weighted by Crippen LogP contribution is 2.30. The van der Waals surface area contributed by atoms with E-state index in [-0.39, 0.29) is 17.2 Å². The van der Waals surface area contributed by atoms with Crippen LogP contribution in [0.2, 0.25) is 0 Å². The average molecular weight is 403 g/mol. The molecular weight excluding hydrogens is 376 g/mol. The summed E-state index contributed by atoms with van der Waals surface area (Å²) in [5.41, 5.74) is 3.43. The molecule has 28 heavy (non-hydrogen) atoms. The molecule has 150 valence electrons. The summed E-state index contributed by atoms with van der Waals surface area (Å²) >= 11 is 0. The molecule has 0 aromatic heterocycles. The van der Waals surface area contributed by atoms with Crippen molar-refractivity contribution in [3.8, 4) is 5.75 Å². The van der Waals surface area contributed by atoms with Crippen LogP contribution < -0.4 is 10.1 Å². The fourth-order valence-corrected chi connectivity index (χ4v) is 4.92. The van der Waals surface area contributed by atoms with Gasteiger partial charge in [0.05, 0.1) is 24.1 Å². The number of carbonyl (C=O) groups is 1. The van der Waals surface area contributed by atoms with E-state index < -0.39 is 10.0 Å². The summed E-state index contributed by atoms with van der Waals surface area (Å²) < 4.78 is 32.4. The van der Waals surface area contributed by atoms with Crippen molar-refractivity contribution in [2.24, 2.45) is 0 Å². The zero-order valence-corrected chi connectivity index (χ0v) is 17.3. The van der Waals surface area contributed by atoms with E-state index in [0.717, 1.165) is 29.5 Å². The normalized spacial score (nSPS) is 14.8. The first-order valence-corrected chi connectivity index (χ1v) is 10.8. The Kier molecular flexibility index (Phi) is 6.05. The Morgan fingerprint density at radius 3 is 2.50 bits per heavy atom. The number of methoxy groups -OCH3 is 1. The van der Waals surface area contributed by atoms with Crippen molar-refractivity contribution in [1.82, 2.24) is 4.31 Å². The number of nitrogens with zero attached hydrogens (tertiary/aromatic N) is 1. The standard InChI is InChI=1S/C21H26N2O4S/c1-15-6-7-16(2)17(12-15)13-21(24)22-19-14-18(8-9-20(19)27-3)28(25,26)23-10-4-5-11-23/h6-9,12,14H,4-5,10-11,13H2,1-3H3,(H,22,24). The first kappa shape index (κ1) is 20.4. The van der Waals surface area contributed by atoms with Gasteiger partial charge in [-0.05, 0) is 56.0 Å². The third-order valence-corrected chi connectivity index (χ3v) is 6.90. The number of aryl methyl sites for hydroxylation is 2. The highest BCUT2D eigenvalue weighted by atomic mass is 32.2. The van der Waals surface area contributed by atoms with Crippen LogP contribution in [0.1, 0.15) is 29.5 Å². The van der Waals surface area contributed by atoms with Gasteiger partial charge < -0.3 is 10.1 Å². The molecule has 1 fully saturated rings. The molecule has 0 saturated carbocycles. The van der Waals surface area contributed by atoms with E-state index in [9.17, 15) is 13.2 Å². The Morgan fingerprint density at radius 2 is 1.82 bits per heavy atom. The molecule has 3 rings (SSSR count). The lowest BCUT2D eigenvalue weighted by Gasteiger charge is -2.17. The van der Waals surface area contributed by atoms with Crippen molar-refractivity contribution >= 4 is 21.6 Å². The second-order valence-corrected chi connectivity index (χ2v) is 9.07. The second-order valence-electron chi connectivity index (χ2n) is 7.13. The first-order valence-electron chi connectivity index (χ1n) is 9.35. The van der Waals surface area contributed by atoms with Gasteiger partial charge in [-0.1, -0.05) is 23.8 Å². The zero-order chi connectivity index (χ0) is 20.3. The van der Waals surface area contributed by atoms with E-state index in [1.807, 2.05) is 32.0 Å². The van der Waals surface area contributed by atoms with Gasteiger partial charge >= 0.3 is 0 Å². The van der Waals surface area contributed by atoms with E-state index in [1.165, 1.54) is 23.5 Å². The lowest BCUT2D eigenvalue weighted by molar-refractivity contribution is -0.115. The van der Waals surface area contributed by atoms with Crippen molar-refractivity contribution in [2.75, 3.05) is 25.5 Å². The Balaban J connectivity index is 1.84. The van der Waals surface area contributed by atoms with Gasteiger partial charge in [0.15, 0.2) is 0 Å². The SMILES string of the molecule is COc1ccc(S(=O)(=O)N2CCCC2)cc1NC(=O)Cc1cc(C)ccc1C. The number of hydrogen-bond acceptors (Lipinski definition) is 4. The fourth-order valence-electron chi connectivity index (χ4n) is 3.38. The molecule has 1 heterocycles. The predicted molar refractivity (Wildman–Crippen MR) is 109 cm³/mol. The number of rotatable bonds is 6. The van der Waals surface area contributed by atoms with Gasteiger partial charge in [0, 0.05) is 13.1 Å². The van der Waals surface area contributed by atoms with Crippen LogP contribution in [0.3, 0.4) is 0 Å². The molecule has 0 aliphatic carbocycles. The molecule has 7 heteroatoms. The van der Waals surface area contributed by atoms with Crippen molar-refractivity contribution < 1.29 is 17.9 Å². The number of amides is 1. The summed E-state index contributed by atoms with van der Waals surface area (Å²) in [5, 5.41) is 2.81.